The summed E-state index contributed by atoms with van der Waals surface area (Å²) in [5, 5.41) is 41.5. The van der Waals surface area contributed by atoms with E-state index in [1.807, 2.05) is 0 Å². The molecule has 0 radical (unpaired) electrons. The lowest BCUT2D eigenvalue weighted by Gasteiger charge is -2.15. The summed E-state index contributed by atoms with van der Waals surface area (Å²) in [5.74, 6) is -1.65. The van der Waals surface area contributed by atoms with Crippen molar-refractivity contribution in [2.75, 3.05) is 0 Å². The van der Waals surface area contributed by atoms with E-state index in [1.165, 1.54) is 30.3 Å². The van der Waals surface area contributed by atoms with Gasteiger partial charge in [-0.1, -0.05) is 18.2 Å². The third kappa shape index (κ3) is 5.73. The van der Waals surface area contributed by atoms with Crippen LogP contribution in [-0.2, 0) is 17.8 Å². The second kappa shape index (κ2) is 9.00. The maximum Gasteiger partial charge on any atom is 0.321 e. The van der Waals surface area contributed by atoms with Gasteiger partial charge in [-0.05, 0) is 29.7 Å². The van der Waals surface area contributed by atoms with E-state index in [-0.39, 0.29) is 47.1 Å². The zero-order valence-electron chi connectivity index (χ0n) is 13.0. The Morgan fingerprint density at radius 3 is 2.20 bits per heavy atom. The largest absolute Gasteiger partial charge is 0.504 e. The molecule has 0 unspecified atom stereocenters. The number of halogens is 1. The second-order valence-corrected chi connectivity index (χ2v) is 5.22. The molecule has 0 fully saturated rings. The van der Waals surface area contributed by atoms with Crippen LogP contribution >= 0.6 is 17.0 Å². The van der Waals surface area contributed by atoms with Gasteiger partial charge in [0.25, 0.3) is 5.69 Å². The predicted molar refractivity (Wildman–Crippen MR) is 95.2 cm³/mol. The van der Waals surface area contributed by atoms with E-state index in [9.17, 15) is 30.2 Å². The van der Waals surface area contributed by atoms with Gasteiger partial charge >= 0.3 is 5.97 Å². The molecule has 0 bridgehead atoms. The maximum atomic E-state index is 11.4. The molecule has 25 heavy (non-hydrogen) atoms. The maximum absolute atomic E-state index is 11.4. The Morgan fingerprint density at radius 1 is 1.08 bits per heavy atom. The number of carboxylic acids is 1. The predicted octanol–water partition coefficient (Wildman–Crippen LogP) is 2.37. The molecule has 0 spiro atoms. The molecule has 4 N–H and O–H groups in total. The lowest BCUT2D eigenvalue weighted by Crippen LogP contribution is -2.38. The average Bonchev–Trinajstić information content (AvgIpc) is 2.54. The Balaban J connectivity index is 0.00000312. The number of phenolic OH excluding ortho intramolecular Hbond substituents is 2. The van der Waals surface area contributed by atoms with Crippen molar-refractivity contribution in [2.24, 2.45) is 0 Å². The Bertz CT molecular complexity index is 751. The number of aromatic hydroxyl groups is 2. The average molecular weight is 413 g/mol. The number of non-ortho nitro benzene ring substituents is 1. The van der Waals surface area contributed by atoms with Crippen LogP contribution in [0.15, 0.2) is 42.5 Å². The zero-order chi connectivity index (χ0) is 17.7. The van der Waals surface area contributed by atoms with Crippen LogP contribution in [-0.4, -0.2) is 32.3 Å². The van der Waals surface area contributed by atoms with Crippen LogP contribution in [0.5, 0.6) is 11.5 Å². The topological polar surface area (TPSA) is 133 Å². The minimum Gasteiger partial charge on any atom is -0.504 e. The van der Waals surface area contributed by atoms with Crippen molar-refractivity contribution in [2.45, 2.75) is 19.0 Å². The normalized spacial score (nSPS) is 11.4. The number of nitro benzene ring substituents is 1. The van der Waals surface area contributed by atoms with E-state index in [4.69, 9.17) is 0 Å². The smallest absolute Gasteiger partial charge is 0.321 e. The molecule has 0 aliphatic rings. The summed E-state index contributed by atoms with van der Waals surface area (Å²) in [7, 11) is 0. The highest BCUT2D eigenvalue weighted by Gasteiger charge is 2.18. The van der Waals surface area contributed by atoms with E-state index >= 15 is 0 Å². The number of hydrogen-bond donors (Lipinski definition) is 4. The first-order chi connectivity index (χ1) is 11.4. The zero-order valence-corrected chi connectivity index (χ0v) is 14.7. The Hall–Kier alpha value is -2.65. The van der Waals surface area contributed by atoms with Crippen LogP contribution in [0.25, 0.3) is 0 Å². The number of hydrogen-bond acceptors (Lipinski definition) is 6. The van der Waals surface area contributed by atoms with E-state index in [0.717, 1.165) is 0 Å². The van der Waals surface area contributed by atoms with Crippen molar-refractivity contribution >= 4 is 28.6 Å². The molecule has 0 heterocycles. The van der Waals surface area contributed by atoms with Crippen LogP contribution in [0.1, 0.15) is 11.1 Å². The number of nitrogens with zero attached hydrogens (tertiary/aromatic N) is 1. The van der Waals surface area contributed by atoms with Crippen LogP contribution in [0.4, 0.5) is 5.69 Å². The highest BCUT2D eigenvalue weighted by atomic mass is 79.9. The standard InChI is InChI=1S/C16H16N2O6.BrH/c19-14-6-3-11(8-15(14)20)7-13(16(21)22)17-9-10-1-4-12(5-2-10)18(23)24;/h1-6,8,13,17,19-20H,7,9H2,(H,21,22);1H/t13-;/m0./s1. The van der Waals surface area contributed by atoms with Gasteiger partial charge in [0.2, 0.25) is 0 Å². The molecule has 0 aromatic heterocycles. The van der Waals surface area contributed by atoms with E-state index < -0.39 is 16.9 Å². The molecule has 8 nitrogen and oxygen atoms in total. The van der Waals surface area contributed by atoms with Gasteiger partial charge in [0.05, 0.1) is 4.92 Å². The van der Waals surface area contributed by atoms with Gasteiger partial charge in [-0.3, -0.25) is 14.9 Å². The number of rotatable bonds is 7. The molecule has 2 aromatic carbocycles. The Labute approximate surface area is 153 Å². The summed E-state index contributed by atoms with van der Waals surface area (Å²) in [6.45, 7) is 0.221. The Kier molecular flexibility index (Phi) is 7.34. The highest BCUT2D eigenvalue weighted by Crippen LogP contribution is 2.25. The summed E-state index contributed by atoms with van der Waals surface area (Å²) in [4.78, 5) is 21.4. The summed E-state index contributed by atoms with van der Waals surface area (Å²) in [5.41, 5.74) is 1.22. The first-order valence-corrected chi connectivity index (χ1v) is 7.07. The molecular weight excluding hydrogens is 396 g/mol. The lowest BCUT2D eigenvalue weighted by atomic mass is 10.0. The number of benzene rings is 2. The minimum absolute atomic E-state index is 0. The molecule has 0 aliphatic heterocycles. The fourth-order valence-electron chi connectivity index (χ4n) is 2.16. The third-order valence-electron chi connectivity index (χ3n) is 3.48. The van der Waals surface area contributed by atoms with Crippen LogP contribution in [0.3, 0.4) is 0 Å². The number of carbonyl (C=O) groups is 1. The van der Waals surface area contributed by atoms with Gasteiger partial charge in [0, 0.05) is 18.7 Å². The monoisotopic (exact) mass is 412 g/mol. The molecule has 0 amide bonds. The van der Waals surface area contributed by atoms with Crippen molar-refractivity contribution in [1.29, 1.82) is 0 Å². The summed E-state index contributed by atoms with van der Waals surface area (Å²) >= 11 is 0. The number of nitrogens with one attached hydrogen (secondary N) is 1. The third-order valence-corrected chi connectivity index (χ3v) is 3.48. The number of aliphatic carboxylic acids is 1. The van der Waals surface area contributed by atoms with Crippen molar-refractivity contribution in [1.82, 2.24) is 5.32 Å². The van der Waals surface area contributed by atoms with Crippen molar-refractivity contribution in [3.63, 3.8) is 0 Å². The molecule has 0 saturated carbocycles. The number of nitro groups is 1. The molecule has 0 saturated heterocycles. The van der Waals surface area contributed by atoms with Gasteiger partial charge in [-0.2, -0.15) is 0 Å². The fraction of sp³-hybridized carbons (Fsp3) is 0.188. The molecule has 1 atom stereocenters. The molecule has 134 valence electrons. The molecule has 9 heteroatoms. The summed E-state index contributed by atoms with van der Waals surface area (Å²) in [6, 6.07) is 9.02. The molecule has 0 aliphatic carbocycles. The number of phenols is 2. The molecule has 2 rings (SSSR count). The van der Waals surface area contributed by atoms with Gasteiger partial charge in [0.15, 0.2) is 11.5 Å². The first-order valence-electron chi connectivity index (χ1n) is 7.07. The van der Waals surface area contributed by atoms with Crippen molar-refractivity contribution < 1.29 is 25.0 Å². The van der Waals surface area contributed by atoms with Crippen LogP contribution in [0, 0.1) is 10.1 Å². The van der Waals surface area contributed by atoms with E-state index in [2.05, 4.69) is 5.32 Å². The van der Waals surface area contributed by atoms with Gasteiger partial charge in [0.1, 0.15) is 6.04 Å². The Morgan fingerprint density at radius 2 is 1.68 bits per heavy atom. The second-order valence-electron chi connectivity index (χ2n) is 5.22. The van der Waals surface area contributed by atoms with Gasteiger partial charge < -0.3 is 20.6 Å². The van der Waals surface area contributed by atoms with Gasteiger partial charge in [-0.25, -0.2) is 0 Å². The molecule has 2 aromatic rings. The first kappa shape index (κ1) is 20.4. The highest BCUT2D eigenvalue weighted by molar-refractivity contribution is 8.93. The number of carboxylic acid groups (broad SMARTS) is 1. The SMILES string of the molecule is Br.O=C(O)[C@H](Cc1ccc(O)c(O)c1)NCc1ccc([N+](=O)[O-])cc1. The minimum atomic E-state index is -1.07. The van der Waals surface area contributed by atoms with E-state index in [1.54, 1.807) is 12.1 Å². The van der Waals surface area contributed by atoms with Crippen molar-refractivity contribution in [3.05, 3.63) is 63.7 Å². The molecular formula is C16H17BrN2O6. The summed E-state index contributed by atoms with van der Waals surface area (Å²) in [6.07, 6.45) is 0.107. The quantitative estimate of drug-likeness (QED) is 0.311. The lowest BCUT2D eigenvalue weighted by molar-refractivity contribution is -0.384. The van der Waals surface area contributed by atoms with Crippen molar-refractivity contribution in [3.8, 4) is 11.5 Å². The van der Waals surface area contributed by atoms with Crippen LogP contribution in [0.2, 0.25) is 0 Å². The van der Waals surface area contributed by atoms with Gasteiger partial charge in [-0.15, -0.1) is 17.0 Å². The fourth-order valence-corrected chi connectivity index (χ4v) is 2.16. The van der Waals surface area contributed by atoms with E-state index in [0.29, 0.717) is 11.1 Å². The summed E-state index contributed by atoms with van der Waals surface area (Å²) < 4.78 is 0. The van der Waals surface area contributed by atoms with Crippen LogP contribution < -0.4 is 5.32 Å².